The van der Waals surface area contributed by atoms with E-state index in [9.17, 15) is 9.18 Å². The number of hydrogen-bond donors (Lipinski definition) is 1. The van der Waals surface area contributed by atoms with Crippen LogP contribution in [0, 0.1) is 5.92 Å². The van der Waals surface area contributed by atoms with Crippen molar-refractivity contribution in [3.63, 3.8) is 0 Å². The van der Waals surface area contributed by atoms with E-state index in [1.165, 1.54) is 12.5 Å². The van der Waals surface area contributed by atoms with Crippen LogP contribution < -0.4 is 5.32 Å². The molecule has 1 aliphatic rings. The molecule has 0 saturated carbocycles. The summed E-state index contributed by atoms with van der Waals surface area (Å²) in [6.45, 7) is 6.21. The standard InChI is InChI=1S/C18H28FN3O/c1-3-5-16(12-22-9-4-6-17(19)13-22)10-15-7-8-20-18(11-15)21-14(2)23/h7-8,11,16-17H,3-6,9-10,12-13H2,1-2H3,(H,20,21,23). The van der Waals surface area contributed by atoms with E-state index in [4.69, 9.17) is 0 Å². The molecule has 5 heteroatoms. The Morgan fingerprint density at radius 2 is 2.39 bits per heavy atom. The summed E-state index contributed by atoms with van der Waals surface area (Å²) in [5, 5.41) is 2.73. The maximum atomic E-state index is 13.6. The molecule has 1 N–H and O–H groups in total. The molecule has 0 bridgehead atoms. The number of piperidine rings is 1. The number of hydrogen-bond acceptors (Lipinski definition) is 3. The molecular weight excluding hydrogens is 293 g/mol. The molecule has 2 atom stereocenters. The lowest BCUT2D eigenvalue weighted by Gasteiger charge is -2.32. The van der Waals surface area contributed by atoms with E-state index >= 15 is 0 Å². The number of anilines is 1. The SMILES string of the molecule is CCCC(Cc1ccnc(NC(C)=O)c1)CN1CCCC(F)C1. The van der Waals surface area contributed by atoms with Gasteiger partial charge in [-0.1, -0.05) is 13.3 Å². The number of carbonyl (C=O) groups is 1. The molecule has 1 fully saturated rings. The van der Waals surface area contributed by atoms with E-state index in [0.29, 0.717) is 24.7 Å². The smallest absolute Gasteiger partial charge is 0.222 e. The van der Waals surface area contributed by atoms with Gasteiger partial charge < -0.3 is 10.2 Å². The molecular formula is C18H28FN3O. The van der Waals surface area contributed by atoms with E-state index in [-0.39, 0.29) is 5.91 Å². The van der Waals surface area contributed by atoms with E-state index in [1.807, 2.05) is 12.1 Å². The van der Waals surface area contributed by atoms with Crippen molar-refractivity contribution >= 4 is 11.7 Å². The third kappa shape index (κ3) is 6.26. The number of alkyl halides is 1. The van der Waals surface area contributed by atoms with Crippen LogP contribution in [0.1, 0.15) is 45.1 Å². The zero-order valence-electron chi connectivity index (χ0n) is 14.2. The minimum absolute atomic E-state index is 0.109. The van der Waals surface area contributed by atoms with Crippen LogP contribution in [0.4, 0.5) is 10.2 Å². The molecule has 4 nitrogen and oxygen atoms in total. The van der Waals surface area contributed by atoms with Gasteiger partial charge in [0.2, 0.25) is 5.91 Å². The number of likely N-dealkylation sites (tertiary alicyclic amines) is 1. The normalized spacial score (nSPS) is 20.2. The van der Waals surface area contributed by atoms with Crippen LogP contribution in [0.25, 0.3) is 0 Å². The molecule has 1 amide bonds. The fraction of sp³-hybridized carbons (Fsp3) is 0.667. The molecule has 1 aliphatic heterocycles. The number of amides is 1. The second-order valence-electron chi connectivity index (χ2n) is 6.59. The van der Waals surface area contributed by atoms with Crippen molar-refractivity contribution in [2.75, 3.05) is 25.0 Å². The van der Waals surface area contributed by atoms with Crippen LogP contribution in [0.2, 0.25) is 0 Å². The number of pyridine rings is 1. The quantitative estimate of drug-likeness (QED) is 0.837. The summed E-state index contributed by atoms with van der Waals surface area (Å²) in [6.07, 6.45) is 5.94. The molecule has 0 spiro atoms. The van der Waals surface area contributed by atoms with Crippen LogP contribution in [-0.2, 0) is 11.2 Å². The zero-order valence-corrected chi connectivity index (χ0v) is 14.2. The van der Waals surface area contributed by atoms with Crippen LogP contribution in [0.3, 0.4) is 0 Å². The molecule has 0 radical (unpaired) electrons. The van der Waals surface area contributed by atoms with Gasteiger partial charge in [-0.3, -0.25) is 4.79 Å². The Hall–Kier alpha value is -1.49. The summed E-state index contributed by atoms with van der Waals surface area (Å²) in [5.74, 6) is 1.01. The molecule has 2 heterocycles. The van der Waals surface area contributed by atoms with Crippen molar-refractivity contribution in [1.29, 1.82) is 0 Å². The molecule has 128 valence electrons. The molecule has 0 aromatic carbocycles. The van der Waals surface area contributed by atoms with Crippen molar-refractivity contribution in [3.05, 3.63) is 23.9 Å². The third-order valence-electron chi connectivity index (χ3n) is 4.31. The van der Waals surface area contributed by atoms with Gasteiger partial charge in [-0.15, -0.1) is 0 Å². The van der Waals surface area contributed by atoms with Gasteiger partial charge in [0.1, 0.15) is 12.0 Å². The second kappa shape index (κ2) is 8.96. The summed E-state index contributed by atoms with van der Waals surface area (Å²) in [5.41, 5.74) is 1.18. The number of rotatable bonds is 7. The molecule has 23 heavy (non-hydrogen) atoms. The van der Waals surface area contributed by atoms with Crippen LogP contribution in [0.5, 0.6) is 0 Å². The fourth-order valence-corrected chi connectivity index (χ4v) is 3.38. The molecule has 0 aliphatic carbocycles. The van der Waals surface area contributed by atoms with Gasteiger partial charge in [-0.05, 0) is 55.8 Å². The number of aromatic nitrogens is 1. The lowest BCUT2D eigenvalue weighted by Crippen LogP contribution is -2.39. The Kier molecular flexibility index (Phi) is 6.96. The van der Waals surface area contributed by atoms with Crippen molar-refractivity contribution < 1.29 is 9.18 Å². The minimum atomic E-state index is -0.668. The predicted molar refractivity (Wildman–Crippen MR) is 91.2 cm³/mol. The first-order valence-electron chi connectivity index (χ1n) is 8.65. The number of nitrogens with one attached hydrogen (secondary N) is 1. The van der Waals surface area contributed by atoms with Crippen LogP contribution >= 0.6 is 0 Å². The topological polar surface area (TPSA) is 45.2 Å². The van der Waals surface area contributed by atoms with E-state index in [2.05, 4.69) is 22.1 Å². The Balaban J connectivity index is 1.96. The average Bonchev–Trinajstić information content (AvgIpc) is 2.47. The first kappa shape index (κ1) is 17.9. The maximum absolute atomic E-state index is 13.6. The highest BCUT2D eigenvalue weighted by atomic mass is 19.1. The largest absolute Gasteiger partial charge is 0.311 e. The molecule has 1 aromatic heterocycles. The zero-order chi connectivity index (χ0) is 16.7. The monoisotopic (exact) mass is 321 g/mol. The first-order chi connectivity index (χ1) is 11.1. The number of halogens is 1. The maximum Gasteiger partial charge on any atom is 0.222 e. The predicted octanol–water partition coefficient (Wildman–Crippen LogP) is 3.43. The van der Waals surface area contributed by atoms with E-state index in [0.717, 1.165) is 38.8 Å². The highest BCUT2D eigenvalue weighted by Gasteiger charge is 2.22. The Labute approximate surface area is 138 Å². The number of nitrogens with zero attached hydrogens (tertiary/aromatic N) is 2. The molecule has 2 rings (SSSR count). The summed E-state index contributed by atoms with van der Waals surface area (Å²) < 4.78 is 13.6. The van der Waals surface area contributed by atoms with Gasteiger partial charge in [-0.25, -0.2) is 9.37 Å². The highest BCUT2D eigenvalue weighted by Crippen LogP contribution is 2.20. The van der Waals surface area contributed by atoms with Gasteiger partial charge in [0.25, 0.3) is 0 Å². The van der Waals surface area contributed by atoms with Crippen molar-refractivity contribution in [2.45, 2.75) is 52.1 Å². The molecule has 2 unspecified atom stereocenters. The van der Waals surface area contributed by atoms with Gasteiger partial charge in [0, 0.05) is 26.2 Å². The lowest BCUT2D eigenvalue weighted by atomic mass is 9.94. The average molecular weight is 321 g/mol. The van der Waals surface area contributed by atoms with Crippen LogP contribution in [-0.4, -0.2) is 41.6 Å². The molecule has 1 saturated heterocycles. The van der Waals surface area contributed by atoms with Crippen molar-refractivity contribution in [1.82, 2.24) is 9.88 Å². The minimum Gasteiger partial charge on any atom is -0.311 e. The van der Waals surface area contributed by atoms with Gasteiger partial charge in [0.15, 0.2) is 0 Å². The van der Waals surface area contributed by atoms with Crippen molar-refractivity contribution in [3.8, 4) is 0 Å². The van der Waals surface area contributed by atoms with E-state index < -0.39 is 6.17 Å². The first-order valence-corrected chi connectivity index (χ1v) is 8.65. The van der Waals surface area contributed by atoms with Crippen LogP contribution in [0.15, 0.2) is 18.3 Å². The highest BCUT2D eigenvalue weighted by molar-refractivity contribution is 5.87. The lowest BCUT2D eigenvalue weighted by molar-refractivity contribution is -0.114. The second-order valence-corrected chi connectivity index (χ2v) is 6.59. The number of carbonyl (C=O) groups excluding carboxylic acids is 1. The van der Waals surface area contributed by atoms with Gasteiger partial charge >= 0.3 is 0 Å². The Bertz CT molecular complexity index is 509. The fourth-order valence-electron chi connectivity index (χ4n) is 3.38. The van der Waals surface area contributed by atoms with E-state index in [1.54, 1.807) is 6.20 Å². The summed E-state index contributed by atoms with van der Waals surface area (Å²) in [4.78, 5) is 17.6. The Morgan fingerprint density at radius 1 is 1.57 bits per heavy atom. The summed E-state index contributed by atoms with van der Waals surface area (Å²) in [6, 6.07) is 3.94. The molecule has 1 aromatic rings. The summed E-state index contributed by atoms with van der Waals surface area (Å²) >= 11 is 0. The van der Waals surface area contributed by atoms with Crippen molar-refractivity contribution in [2.24, 2.45) is 5.92 Å². The van der Waals surface area contributed by atoms with Gasteiger partial charge in [-0.2, -0.15) is 0 Å². The van der Waals surface area contributed by atoms with Gasteiger partial charge in [0.05, 0.1) is 0 Å². The summed E-state index contributed by atoms with van der Waals surface area (Å²) in [7, 11) is 0. The third-order valence-corrected chi connectivity index (χ3v) is 4.31. The Morgan fingerprint density at radius 3 is 3.09 bits per heavy atom.